The van der Waals surface area contributed by atoms with E-state index in [4.69, 9.17) is 11.6 Å². The molecule has 30 heavy (non-hydrogen) atoms. The molecule has 3 N–H and O–H groups in total. The van der Waals surface area contributed by atoms with E-state index in [1.54, 1.807) is 0 Å². The second-order valence-corrected chi connectivity index (χ2v) is 8.41. The third-order valence-electron chi connectivity index (χ3n) is 5.93. The van der Waals surface area contributed by atoms with Gasteiger partial charge in [-0.3, -0.25) is 9.93 Å². The Morgan fingerprint density at radius 1 is 1.23 bits per heavy atom. The zero-order valence-electron chi connectivity index (χ0n) is 17.4. The molecule has 2 heterocycles. The molecule has 2 atom stereocenters. The number of carbonyl (C=O) groups is 1. The van der Waals surface area contributed by atoms with Crippen LogP contribution in [0.4, 0.5) is 0 Å². The smallest absolute Gasteiger partial charge is 0.230 e. The highest BCUT2D eigenvalue weighted by Gasteiger charge is 2.29. The number of amides is 1. The number of nitrogens with two attached hydrogens (primary N) is 1. The first-order valence-electron chi connectivity index (χ1n) is 10.5. The fourth-order valence-electron chi connectivity index (χ4n) is 4.44. The molecule has 1 aliphatic heterocycles. The van der Waals surface area contributed by atoms with Crippen molar-refractivity contribution in [2.75, 3.05) is 13.1 Å². The maximum atomic E-state index is 13.6. The fraction of sp³-hybridized carbons (Fsp3) is 0.375. The number of fused-ring (bicyclic) bond motifs is 1. The lowest BCUT2D eigenvalue weighted by molar-refractivity contribution is -0.134. The maximum Gasteiger partial charge on any atom is 0.230 e. The second-order valence-electron chi connectivity index (χ2n) is 8.00. The standard InChI is InChI=1S/C24H27ClN2O.H3NS/c1-17-6-5-15-27(16-17)24(28)21(12-11-18-7-2-3-9-22(18)25)19-8-4-10-23-20(19)13-14-26-23;1-2/h2-4,7-10,13-14,17,21,26H,5-6,11-12,15-16H2,1H3;2H,1H2. The predicted molar refractivity (Wildman–Crippen MR) is 129 cm³/mol. The Hall–Kier alpha value is -1.95. The Labute approximate surface area is 189 Å². The van der Waals surface area contributed by atoms with E-state index in [0.29, 0.717) is 5.92 Å². The Morgan fingerprint density at radius 3 is 2.80 bits per heavy atom. The van der Waals surface area contributed by atoms with Crippen molar-refractivity contribution in [1.29, 1.82) is 0 Å². The van der Waals surface area contributed by atoms with Gasteiger partial charge in [0.05, 0.1) is 5.92 Å². The zero-order chi connectivity index (χ0) is 21.5. The van der Waals surface area contributed by atoms with Gasteiger partial charge in [0.15, 0.2) is 0 Å². The fourth-order valence-corrected chi connectivity index (χ4v) is 4.67. The number of nitrogens with one attached hydrogen (secondary N) is 1. The molecule has 1 amide bonds. The van der Waals surface area contributed by atoms with Crippen LogP contribution in [0.3, 0.4) is 0 Å². The minimum Gasteiger partial charge on any atom is -0.361 e. The largest absolute Gasteiger partial charge is 0.361 e. The van der Waals surface area contributed by atoms with Crippen molar-refractivity contribution in [2.45, 2.75) is 38.5 Å². The minimum absolute atomic E-state index is 0.152. The first-order chi connectivity index (χ1) is 14.6. The summed E-state index contributed by atoms with van der Waals surface area (Å²) in [5, 5.41) is 6.12. The molecule has 0 radical (unpaired) electrons. The molecule has 6 heteroatoms. The lowest BCUT2D eigenvalue weighted by Crippen LogP contribution is -2.41. The highest BCUT2D eigenvalue weighted by atomic mass is 35.5. The number of carbonyl (C=O) groups excluding carboxylic acids is 1. The molecule has 2 unspecified atom stereocenters. The molecule has 2 aromatic carbocycles. The van der Waals surface area contributed by atoms with Crippen molar-refractivity contribution < 1.29 is 4.79 Å². The summed E-state index contributed by atoms with van der Waals surface area (Å²) in [6.07, 6.45) is 5.81. The molecular weight excluding hydrogens is 414 g/mol. The lowest BCUT2D eigenvalue weighted by Gasteiger charge is -2.34. The van der Waals surface area contributed by atoms with E-state index in [2.05, 4.69) is 59.0 Å². The number of aryl methyl sites for hydroxylation is 1. The molecule has 160 valence electrons. The van der Waals surface area contributed by atoms with E-state index in [9.17, 15) is 4.79 Å². The summed E-state index contributed by atoms with van der Waals surface area (Å²) in [5.41, 5.74) is 3.31. The number of H-pyrrole nitrogens is 1. The number of hydrogen-bond donors (Lipinski definition) is 3. The molecular formula is C24H30ClN3OS. The van der Waals surface area contributed by atoms with E-state index in [0.717, 1.165) is 59.4 Å². The van der Waals surface area contributed by atoms with Crippen LogP contribution in [-0.2, 0) is 11.2 Å². The van der Waals surface area contributed by atoms with Crippen LogP contribution in [0.1, 0.15) is 43.2 Å². The summed E-state index contributed by atoms with van der Waals surface area (Å²) < 4.78 is 0. The third-order valence-corrected chi connectivity index (χ3v) is 6.30. The van der Waals surface area contributed by atoms with Gasteiger partial charge in [-0.05, 0) is 60.9 Å². The van der Waals surface area contributed by atoms with Gasteiger partial charge in [0.25, 0.3) is 0 Å². The molecule has 0 bridgehead atoms. The molecule has 4 nitrogen and oxygen atoms in total. The topological polar surface area (TPSA) is 62.1 Å². The molecule has 0 aliphatic carbocycles. The number of likely N-dealkylation sites (tertiary alicyclic amines) is 1. The molecule has 1 aromatic heterocycles. The summed E-state index contributed by atoms with van der Waals surface area (Å²) in [5.74, 6) is 0.679. The molecule has 1 fully saturated rings. The number of thiol groups is 1. The molecule has 3 aromatic rings. The van der Waals surface area contributed by atoms with Gasteiger partial charge in [-0.1, -0.05) is 48.9 Å². The van der Waals surface area contributed by atoms with Crippen LogP contribution < -0.4 is 5.14 Å². The first kappa shape index (κ1) is 22.7. The maximum absolute atomic E-state index is 13.6. The van der Waals surface area contributed by atoms with Crippen molar-refractivity contribution in [2.24, 2.45) is 11.1 Å². The second kappa shape index (κ2) is 10.9. The first-order valence-corrected chi connectivity index (χ1v) is 11.4. The number of nitrogens with zero attached hydrogens (tertiary/aromatic N) is 1. The Bertz CT molecular complexity index is 974. The van der Waals surface area contributed by atoms with Crippen molar-refractivity contribution in [3.8, 4) is 0 Å². The SMILES string of the molecule is CC1CCCN(C(=O)C(CCc2ccccc2Cl)c2cccc3[nH]ccc23)C1.NS. The number of hydrogen-bond acceptors (Lipinski definition) is 3. The summed E-state index contributed by atoms with van der Waals surface area (Å²) in [6, 6.07) is 16.2. The molecule has 1 saturated heterocycles. The normalized spacial score (nSPS) is 17.3. The molecule has 1 aliphatic rings. The highest BCUT2D eigenvalue weighted by molar-refractivity contribution is 7.77. The zero-order valence-corrected chi connectivity index (χ0v) is 19.0. The molecule has 0 spiro atoms. The van der Waals surface area contributed by atoms with E-state index in [1.807, 2.05) is 30.5 Å². The number of aromatic amines is 1. The van der Waals surface area contributed by atoms with Crippen molar-refractivity contribution in [1.82, 2.24) is 9.88 Å². The predicted octanol–water partition coefficient (Wildman–Crippen LogP) is 5.59. The van der Waals surface area contributed by atoms with Gasteiger partial charge in [0, 0.05) is 35.2 Å². The lowest BCUT2D eigenvalue weighted by atomic mass is 9.88. The Balaban J connectivity index is 0.00000124. The van der Waals surface area contributed by atoms with Crippen LogP contribution in [0.5, 0.6) is 0 Å². The van der Waals surface area contributed by atoms with Gasteiger partial charge in [0.1, 0.15) is 0 Å². The van der Waals surface area contributed by atoms with E-state index in [-0.39, 0.29) is 11.8 Å². The third kappa shape index (κ3) is 5.20. The van der Waals surface area contributed by atoms with Gasteiger partial charge in [0.2, 0.25) is 5.91 Å². The quantitative estimate of drug-likeness (QED) is 0.450. The monoisotopic (exact) mass is 443 g/mol. The van der Waals surface area contributed by atoms with Gasteiger partial charge >= 0.3 is 0 Å². The minimum atomic E-state index is -0.152. The van der Waals surface area contributed by atoms with Crippen LogP contribution in [-0.4, -0.2) is 28.9 Å². The number of rotatable bonds is 5. The Kier molecular flexibility index (Phi) is 8.25. The molecule has 4 rings (SSSR count). The Morgan fingerprint density at radius 2 is 2.03 bits per heavy atom. The summed E-state index contributed by atoms with van der Waals surface area (Å²) in [4.78, 5) is 19.0. The van der Waals surface area contributed by atoms with Crippen molar-refractivity contribution >= 4 is 41.2 Å². The average Bonchev–Trinajstić information content (AvgIpc) is 3.26. The van der Waals surface area contributed by atoms with E-state index < -0.39 is 0 Å². The number of piperidine rings is 1. The van der Waals surface area contributed by atoms with Crippen molar-refractivity contribution in [3.05, 3.63) is 70.9 Å². The van der Waals surface area contributed by atoms with E-state index in [1.165, 1.54) is 6.42 Å². The van der Waals surface area contributed by atoms with E-state index >= 15 is 0 Å². The van der Waals surface area contributed by atoms with Crippen molar-refractivity contribution in [3.63, 3.8) is 0 Å². The summed E-state index contributed by atoms with van der Waals surface area (Å²) in [6.45, 7) is 3.98. The molecule has 0 saturated carbocycles. The van der Waals surface area contributed by atoms with Crippen LogP contribution in [0.2, 0.25) is 5.02 Å². The van der Waals surface area contributed by atoms with Crippen LogP contribution in [0.15, 0.2) is 54.7 Å². The summed E-state index contributed by atoms with van der Waals surface area (Å²) in [7, 11) is 0. The number of halogens is 1. The van der Waals surface area contributed by atoms with Gasteiger partial charge in [-0.2, -0.15) is 0 Å². The van der Waals surface area contributed by atoms with Gasteiger partial charge < -0.3 is 9.88 Å². The van der Waals surface area contributed by atoms with Crippen LogP contribution >= 0.6 is 24.4 Å². The number of benzene rings is 2. The van der Waals surface area contributed by atoms with Gasteiger partial charge in [-0.25, -0.2) is 0 Å². The number of aromatic nitrogens is 1. The van der Waals surface area contributed by atoms with Gasteiger partial charge in [-0.15, -0.1) is 12.8 Å². The highest BCUT2D eigenvalue weighted by Crippen LogP contribution is 2.32. The summed E-state index contributed by atoms with van der Waals surface area (Å²) >= 11 is 9.41. The van der Waals surface area contributed by atoms with Crippen LogP contribution in [0.25, 0.3) is 10.9 Å². The van der Waals surface area contributed by atoms with Crippen LogP contribution in [0, 0.1) is 5.92 Å². The average molecular weight is 444 g/mol.